The number of aliphatic hydroxyl groups excluding tert-OH is 1. The first-order valence-corrected chi connectivity index (χ1v) is 10.8. The monoisotopic (exact) mass is 484 g/mol. The van der Waals surface area contributed by atoms with Crippen LogP contribution in [0.25, 0.3) is 37.1 Å². The molecule has 3 heterocycles. The van der Waals surface area contributed by atoms with E-state index in [1.807, 2.05) is 0 Å². The highest BCUT2D eigenvalue weighted by Gasteiger charge is 2.25. The first-order chi connectivity index (χ1) is 15.4. The van der Waals surface area contributed by atoms with E-state index < -0.39 is 12.0 Å². The average Bonchev–Trinajstić information content (AvgIpc) is 3.41. The van der Waals surface area contributed by atoms with Gasteiger partial charge in [-0.3, -0.25) is 9.89 Å². The van der Waals surface area contributed by atoms with Crippen LogP contribution in [0.4, 0.5) is 11.5 Å². The van der Waals surface area contributed by atoms with Gasteiger partial charge in [0.15, 0.2) is 5.82 Å². The molecule has 0 saturated carbocycles. The number of thiophene rings is 1. The van der Waals surface area contributed by atoms with Gasteiger partial charge in [0.2, 0.25) is 5.69 Å². The molecule has 1 aromatic carbocycles. The van der Waals surface area contributed by atoms with Gasteiger partial charge in [-0.2, -0.15) is 5.10 Å². The van der Waals surface area contributed by atoms with E-state index in [4.69, 9.17) is 29.8 Å². The number of hydrogen-bond donors (Lipinski definition) is 3. The Kier molecular flexibility index (Phi) is 6.21. The number of rotatable bonds is 5. The summed E-state index contributed by atoms with van der Waals surface area (Å²) >= 11 is 13.9. The molecule has 1 atom stereocenters. The quantitative estimate of drug-likeness (QED) is 0.327. The normalized spacial score (nSPS) is 11.7. The zero-order chi connectivity index (χ0) is 22.8. The molecule has 0 bridgehead atoms. The van der Waals surface area contributed by atoms with Gasteiger partial charge >= 0.3 is 0 Å². The molecule has 0 aliphatic carbocycles. The van der Waals surface area contributed by atoms with E-state index >= 15 is 0 Å². The average molecular weight is 485 g/mol. The molecule has 8 nitrogen and oxygen atoms in total. The molecule has 3 N–H and O–H groups in total. The van der Waals surface area contributed by atoms with Crippen LogP contribution in [0.3, 0.4) is 0 Å². The lowest BCUT2D eigenvalue weighted by molar-refractivity contribution is -0.123. The second-order valence-electron chi connectivity index (χ2n) is 6.65. The maximum atomic E-state index is 11.9. The lowest BCUT2D eigenvalue weighted by Crippen LogP contribution is -2.24. The summed E-state index contributed by atoms with van der Waals surface area (Å²) in [6.07, 6.45) is 1.72. The summed E-state index contributed by atoms with van der Waals surface area (Å²) < 4.78 is 0. The minimum absolute atomic E-state index is 0.255. The van der Waals surface area contributed by atoms with E-state index in [2.05, 4.69) is 30.3 Å². The molecule has 0 fully saturated rings. The third kappa shape index (κ3) is 4.22. The predicted octanol–water partition coefficient (Wildman–Crippen LogP) is 5.44. The van der Waals surface area contributed by atoms with E-state index in [-0.39, 0.29) is 5.82 Å². The number of carbonyl (C=O) groups excluding carboxylic acids is 1. The molecular weight excluding hydrogens is 471 g/mol. The zero-order valence-corrected chi connectivity index (χ0v) is 18.8. The molecule has 0 aliphatic heterocycles. The minimum Gasteiger partial charge on any atom is -0.384 e. The van der Waals surface area contributed by atoms with Gasteiger partial charge in [-0.15, -0.1) is 11.3 Å². The summed E-state index contributed by atoms with van der Waals surface area (Å²) in [6, 6.07) is 8.44. The molecule has 160 valence electrons. The van der Waals surface area contributed by atoms with Gasteiger partial charge in [0.25, 0.3) is 5.91 Å². The number of anilines is 1. The molecule has 4 aromatic rings. The van der Waals surface area contributed by atoms with Crippen molar-refractivity contribution in [3.05, 3.63) is 64.3 Å². The van der Waals surface area contributed by atoms with Crippen molar-refractivity contribution in [1.82, 2.24) is 20.2 Å². The Hall–Kier alpha value is -3.29. The summed E-state index contributed by atoms with van der Waals surface area (Å²) in [5, 5.41) is 19.6. The van der Waals surface area contributed by atoms with Crippen molar-refractivity contribution in [2.45, 2.75) is 13.0 Å². The van der Waals surface area contributed by atoms with Crippen molar-refractivity contribution < 1.29 is 9.90 Å². The molecule has 1 amide bonds. The highest BCUT2D eigenvalue weighted by Crippen LogP contribution is 2.53. The molecule has 32 heavy (non-hydrogen) atoms. The number of aromatic amines is 1. The Labute approximate surface area is 196 Å². The molecular formula is C21H14Cl2N6O2S. The van der Waals surface area contributed by atoms with Gasteiger partial charge in [-0.25, -0.2) is 14.8 Å². The van der Waals surface area contributed by atoms with Gasteiger partial charge < -0.3 is 10.4 Å². The standard InChI is InChI=1S/C21H14Cl2N6O2S/c1-10(30)21(31)28-15-7-11(5-6-25-15)18-17(24-2)16(13-4-3-12(22)8-14(13)23)19(32-18)20-26-9-27-29-20/h3-10,30H,1H3,(H,25,28,31)(H,26,27,29)/t10-/m0/s1. The smallest absolute Gasteiger partial charge is 0.254 e. The van der Waals surface area contributed by atoms with Crippen LogP contribution in [-0.4, -0.2) is 37.3 Å². The van der Waals surface area contributed by atoms with Gasteiger partial charge in [-0.1, -0.05) is 29.3 Å². The fraction of sp³-hybridized carbons (Fsp3) is 0.0952. The SMILES string of the molecule is [C-]#[N+]c1c(-c2ccnc(NC(=O)[C@H](C)O)c2)sc(-c2ncn[nH]2)c1-c1ccc(Cl)cc1Cl. The number of nitrogens with zero attached hydrogens (tertiary/aromatic N) is 4. The number of pyridine rings is 1. The number of nitrogens with one attached hydrogen (secondary N) is 2. The molecule has 0 radical (unpaired) electrons. The summed E-state index contributed by atoms with van der Waals surface area (Å²) in [6.45, 7) is 9.26. The number of hydrogen-bond acceptors (Lipinski definition) is 6. The van der Waals surface area contributed by atoms with E-state index in [0.717, 1.165) is 0 Å². The number of aliphatic hydroxyl groups is 1. The van der Waals surface area contributed by atoms with E-state index in [1.54, 1.807) is 30.3 Å². The van der Waals surface area contributed by atoms with Crippen molar-refractivity contribution in [2.24, 2.45) is 0 Å². The molecule has 3 aromatic heterocycles. The van der Waals surface area contributed by atoms with Crippen LogP contribution in [0.1, 0.15) is 6.92 Å². The maximum Gasteiger partial charge on any atom is 0.254 e. The number of benzene rings is 1. The van der Waals surface area contributed by atoms with Gasteiger partial charge in [0.1, 0.15) is 18.2 Å². The second kappa shape index (κ2) is 9.06. The number of aromatic nitrogens is 4. The second-order valence-corrected chi connectivity index (χ2v) is 8.51. The fourth-order valence-electron chi connectivity index (χ4n) is 3.02. The first-order valence-electron chi connectivity index (χ1n) is 9.19. The Morgan fingerprint density at radius 2 is 2.06 bits per heavy atom. The Morgan fingerprint density at radius 3 is 2.72 bits per heavy atom. The molecule has 11 heteroatoms. The predicted molar refractivity (Wildman–Crippen MR) is 125 cm³/mol. The highest BCUT2D eigenvalue weighted by atomic mass is 35.5. The van der Waals surface area contributed by atoms with Crippen molar-refractivity contribution in [3.63, 3.8) is 0 Å². The van der Waals surface area contributed by atoms with Crippen LogP contribution < -0.4 is 5.32 Å². The number of amides is 1. The molecule has 0 saturated heterocycles. The van der Waals surface area contributed by atoms with Gasteiger partial charge in [-0.05, 0) is 42.3 Å². The highest BCUT2D eigenvalue weighted by molar-refractivity contribution is 7.20. The Morgan fingerprint density at radius 1 is 1.25 bits per heavy atom. The number of carbonyl (C=O) groups is 1. The van der Waals surface area contributed by atoms with Crippen LogP contribution in [0.5, 0.6) is 0 Å². The van der Waals surface area contributed by atoms with Crippen LogP contribution in [-0.2, 0) is 4.79 Å². The zero-order valence-electron chi connectivity index (χ0n) is 16.4. The lowest BCUT2D eigenvalue weighted by Gasteiger charge is -2.08. The third-order valence-corrected chi connectivity index (χ3v) is 6.26. The minimum atomic E-state index is -1.18. The van der Waals surface area contributed by atoms with E-state index in [9.17, 15) is 9.90 Å². The van der Waals surface area contributed by atoms with Gasteiger partial charge in [0.05, 0.1) is 11.4 Å². The molecule has 0 aliphatic rings. The van der Waals surface area contributed by atoms with E-state index in [0.29, 0.717) is 48.0 Å². The number of halogens is 2. The first kappa shape index (κ1) is 21.9. The molecule has 0 unspecified atom stereocenters. The van der Waals surface area contributed by atoms with Crippen LogP contribution >= 0.6 is 34.5 Å². The summed E-state index contributed by atoms with van der Waals surface area (Å²) in [7, 11) is 0. The van der Waals surface area contributed by atoms with Crippen molar-refractivity contribution in [3.8, 4) is 32.3 Å². The molecule has 4 rings (SSSR count). The molecule has 0 spiro atoms. The van der Waals surface area contributed by atoms with Crippen LogP contribution in [0.2, 0.25) is 10.0 Å². The fourth-order valence-corrected chi connectivity index (χ4v) is 4.72. The summed E-state index contributed by atoms with van der Waals surface area (Å²) in [5.41, 5.74) is 2.26. The van der Waals surface area contributed by atoms with Crippen LogP contribution in [0, 0.1) is 6.57 Å². The summed E-state index contributed by atoms with van der Waals surface area (Å²) in [5.74, 6) is 0.163. The van der Waals surface area contributed by atoms with E-state index in [1.165, 1.54) is 30.8 Å². The van der Waals surface area contributed by atoms with Crippen LogP contribution in [0.15, 0.2) is 42.9 Å². The Balaban J connectivity index is 1.92. The van der Waals surface area contributed by atoms with Gasteiger partial charge in [0, 0.05) is 26.7 Å². The van der Waals surface area contributed by atoms with Crippen molar-refractivity contribution in [1.29, 1.82) is 0 Å². The topological polar surface area (TPSA) is 108 Å². The lowest BCUT2D eigenvalue weighted by atomic mass is 10.0. The largest absolute Gasteiger partial charge is 0.384 e. The maximum absolute atomic E-state index is 11.9. The van der Waals surface area contributed by atoms with Crippen molar-refractivity contribution >= 4 is 52.0 Å². The third-order valence-electron chi connectivity index (χ3n) is 4.48. The summed E-state index contributed by atoms with van der Waals surface area (Å²) in [4.78, 5) is 25.3. The number of H-pyrrole nitrogens is 1. The van der Waals surface area contributed by atoms with Crippen molar-refractivity contribution in [2.75, 3.05) is 5.32 Å². The Bertz CT molecular complexity index is 1350.